The zero-order chi connectivity index (χ0) is 16.4. The molecule has 3 rings (SSSR count). The number of rotatable bonds is 4. The van der Waals surface area contributed by atoms with Gasteiger partial charge in [0.2, 0.25) is 0 Å². The van der Waals surface area contributed by atoms with Crippen molar-refractivity contribution in [3.8, 4) is 5.75 Å². The Morgan fingerprint density at radius 3 is 2.70 bits per heavy atom. The number of hydrogen-bond acceptors (Lipinski definition) is 4. The molecule has 0 spiro atoms. The molecule has 120 valence electrons. The summed E-state index contributed by atoms with van der Waals surface area (Å²) in [5.74, 6) is 0.279. The SMILES string of the molecule is Cc1ccc(C(=O)NCCC2Sc3c(O)cccc3N2C)cc1. The molecule has 2 N–H and O–H groups in total. The van der Waals surface area contributed by atoms with E-state index in [2.05, 4.69) is 10.2 Å². The number of nitrogens with zero attached hydrogens (tertiary/aromatic N) is 1. The number of phenolic OH excluding ortho intramolecular Hbond substituents is 1. The van der Waals surface area contributed by atoms with Crippen LogP contribution in [-0.4, -0.2) is 30.0 Å². The molecule has 2 aromatic carbocycles. The van der Waals surface area contributed by atoms with Gasteiger partial charge in [-0.2, -0.15) is 0 Å². The molecule has 0 radical (unpaired) electrons. The highest BCUT2D eigenvalue weighted by molar-refractivity contribution is 8.00. The van der Waals surface area contributed by atoms with Gasteiger partial charge < -0.3 is 15.3 Å². The quantitative estimate of drug-likeness (QED) is 0.903. The van der Waals surface area contributed by atoms with E-state index in [0.29, 0.717) is 17.9 Å². The average molecular weight is 328 g/mol. The maximum Gasteiger partial charge on any atom is 0.251 e. The molecule has 1 aliphatic rings. The van der Waals surface area contributed by atoms with Crippen molar-refractivity contribution < 1.29 is 9.90 Å². The summed E-state index contributed by atoms with van der Waals surface area (Å²) in [5.41, 5.74) is 2.87. The van der Waals surface area contributed by atoms with Crippen molar-refractivity contribution >= 4 is 23.4 Å². The van der Waals surface area contributed by atoms with Gasteiger partial charge in [0, 0.05) is 19.2 Å². The molecule has 0 aliphatic carbocycles. The second-order valence-corrected chi connectivity index (χ2v) is 6.91. The molecule has 0 saturated heterocycles. The van der Waals surface area contributed by atoms with Gasteiger partial charge >= 0.3 is 0 Å². The molecule has 0 aromatic heterocycles. The number of carbonyl (C=O) groups excluding carboxylic acids is 1. The van der Waals surface area contributed by atoms with Crippen LogP contribution in [0, 0.1) is 6.92 Å². The molecule has 0 fully saturated rings. The Labute approximate surface area is 140 Å². The third-order valence-electron chi connectivity index (χ3n) is 4.03. The van der Waals surface area contributed by atoms with E-state index in [1.165, 1.54) is 0 Å². The van der Waals surface area contributed by atoms with Crippen LogP contribution in [0.2, 0.25) is 0 Å². The number of anilines is 1. The summed E-state index contributed by atoms with van der Waals surface area (Å²) in [4.78, 5) is 15.2. The molecule has 23 heavy (non-hydrogen) atoms. The highest BCUT2D eigenvalue weighted by Crippen LogP contribution is 2.47. The van der Waals surface area contributed by atoms with E-state index in [-0.39, 0.29) is 11.3 Å². The second-order valence-electron chi connectivity index (χ2n) is 5.72. The van der Waals surface area contributed by atoms with Crippen LogP contribution in [0.5, 0.6) is 5.75 Å². The molecular weight excluding hydrogens is 308 g/mol. The number of amides is 1. The molecular formula is C18H20N2O2S. The Hall–Kier alpha value is -2.14. The molecule has 0 saturated carbocycles. The number of carbonyl (C=O) groups is 1. The highest BCUT2D eigenvalue weighted by atomic mass is 32.2. The summed E-state index contributed by atoms with van der Waals surface area (Å²) in [7, 11) is 2.02. The summed E-state index contributed by atoms with van der Waals surface area (Å²) < 4.78 is 0. The summed E-state index contributed by atoms with van der Waals surface area (Å²) in [6.07, 6.45) is 0.812. The highest BCUT2D eigenvalue weighted by Gasteiger charge is 2.29. The first kappa shape index (κ1) is 15.7. The van der Waals surface area contributed by atoms with Crippen molar-refractivity contribution in [2.75, 3.05) is 18.5 Å². The lowest BCUT2D eigenvalue weighted by Crippen LogP contribution is -2.31. The van der Waals surface area contributed by atoms with E-state index in [1.54, 1.807) is 17.8 Å². The molecule has 2 aromatic rings. The Morgan fingerprint density at radius 2 is 2.00 bits per heavy atom. The van der Waals surface area contributed by atoms with Gasteiger partial charge in [0.05, 0.1) is 16.0 Å². The lowest BCUT2D eigenvalue weighted by Gasteiger charge is -2.21. The predicted octanol–water partition coefficient (Wildman–Crippen LogP) is 3.39. The van der Waals surface area contributed by atoms with Crippen LogP contribution < -0.4 is 10.2 Å². The Bertz CT molecular complexity index is 715. The Morgan fingerprint density at radius 1 is 1.26 bits per heavy atom. The molecule has 1 aliphatic heterocycles. The number of benzene rings is 2. The summed E-state index contributed by atoms with van der Waals surface area (Å²) in [6, 6.07) is 13.1. The fourth-order valence-electron chi connectivity index (χ4n) is 2.65. The number of hydrogen-bond donors (Lipinski definition) is 2. The van der Waals surface area contributed by atoms with E-state index in [1.807, 2.05) is 50.4 Å². The zero-order valence-corrected chi connectivity index (χ0v) is 14.1. The molecule has 1 unspecified atom stereocenters. The van der Waals surface area contributed by atoms with Gasteiger partial charge in [0.25, 0.3) is 5.91 Å². The standard InChI is InChI=1S/C18H20N2O2S/c1-12-6-8-13(9-7-12)18(22)19-11-10-16-20(2)14-4-3-5-15(21)17(14)23-16/h3-9,16,21H,10-11H2,1-2H3,(H,19,22). The molecule has 4 nitrogen and oxygen atoms in total. The van der Waals surface area contributed by atoms with Gasteiger partial charge in [0.1, 0.15) is 5.75 Å². The smallest absolute Gasteiger partial charge is 0.251 e. The minimum atomic E-state index is -0.0454. The molecule has 1 atom stereocenters. The van der Waals surface area contributed by atoms with E-state index >= 15 is 0 Å². The number of nitrogens with one attached hydrogen (secondary N) is 1. The van der Waals surface area contributed by atoms with Crippen molar-refractivity contribution in [2.24, 2.45) is 0 Å². The maximum atomic E-state index is 12.1. The van der Waals surface area contributed by atoms with Gasteiger partial charge in [-0.25, -0.2) is 0 Å². The fraction of sp³-hybridized carbons (Fsp3) is 0.278. The molecule has 5 heteroatoms. The van der Waals surface area contributed by atoms with E-state index < -0.39 is 0 Å². The van der Waals surface area contributed by atoms with Gasteiger partial charge in [-0.05, 0) is 37.6 Å². The maximum absolute atomic E-state index is 12.1. The summed E-state index contributed by atoms with van der Waals surface area (Å²) in [6.45, 7) is 2.60. The minimum Gasteiger partial charge on any atom is -0.507 e. The second kappa shape index (κ2) is 6.54. The third kappa shape index (κ3) is 3.29. The third-order valence-corrected chi connectivity index (χ3v) is 5.51. The number of fused-ring (bicyclic) bond motifs is 1. The first-order chi connectivity index (χ1) is 11.1. The number of phenols is 1. The lowest BCUT2D eigenvalue weighted by molar-refractivity contribution is 0.0953. The zero-order valence-electron chi connectivity index (χ0n) is 13.2. The van der Waals surface area contributed by atoms with E-state index in [0.717, 1.165) is 22.6 Å². The van der Waals surface area contributed by atoms with E-state index in [4.69, 9.17) is 0 Å². The van der Waals surface area contributed by atoms with Gasteiger partial charge in [-0.3, -0.25) is 4.79 Å². The predicted molar refractivity (Wildman–Crippen MR) is 94.3 cm³/mol. The normalized spacial score (nSPS) is 16.3. The van der Waals surface area contributed by atoms with Crippen LogP contribution in [0.25, 0.3) is 0 Å². The van der Waals surface area contributed by atoms with Crippen molar-refractivity contribution in [1.29, 1.82) is 0 Å². The van der Waals surface area contributed by atoms with Gasteiger partial charge in [-0.1, -0.05) is 35.5 Å². The largest absolute Gasteiger partial charge is 0.507 e. The number of thioether (sulfide) groups is 1. The molecule has 1 heterocycles. The van der Waals surface area contributed by atoms with Crippen LogP contribution in [0.3, 0.4) is 0 Å². The monoisotopic (exact) mass is 328 g/mol. The van der Waals surface area contributed by atoms with Crippen molar-refractivity contribution in [3.05, 3.63) is 53.6 Å². The lowest BCUT2D eigenvalue weighted by atomic mass is 10.1. The van der Waals surface area contributed by atoms with Crippen LogP contribution in [0.1, 0.15) is 22.3 Å². The van der Waals surface area contributed by atoms with Crippen LogP contribution in [-0.2, 0) is 0 Å². The van der Waals surface area contributed by atoms with Crippen molar-refractivity contribution in [2.45, 2.75) is 23.6 Å². The molecule has 0 bridgehead atoms. The van der Waals surface area contributed by atoms with Crippen molar-refractivity contribution in [3.63, 3.8) is 0 Å². The first-order valence-corrected chi connectivity index (χ1v) is 8.50. The summed E-state index contributed by atoms with van der Waals surface area (Å²) >= 11 is 1.64. The van der Waals surface area contributed by atoms with Gasteiger partial charge in [-0.15, -0.1) is 0 Å². The van der Waals surface area contributed by atoms with Crippen LogP contribution >= 0.6 is 11.8 Å². The van der Waals surface area contributed by atoms with Crippen molar-refractivity contribution in [1.82, 2.24) is 5.32 Å². The fourth-order valence-corrected chi connectivity index (χ4v) is 3.95. The Kier molecular flexibility index (Phi) is 4.48. The average Bonchev–Trinajstić information content (AvgIpc) is 2.86. The topological polar surface area (TPSA) is 52.6 Å². The first-order valence-electron chi connectivity index (χ1n) is 7.62. The Balaban J connectivity index is 1.55. The minimum absolute atomic E-state index is 0.0454. The number of aryl methyl sites for hydroxylation is 1. The number of aromatic hydroxyl groups is 1. The van der Waals surface area contributed by atoms with Gasteiger partial charge in [0.15, 0.2) is 0 Å². The summed E-state index contributed by atoms with van der Waals surface area (Å²) in [5, 5.41) is 13.1. The van der Waals surface area contributed by atoms with E-state index in [9.17, 15) is 9.90 Å². The van der Waals surface area contributed by atoms with Crippen LogP contribution in [0.4, 0.5) is 5.69 Å². The molecule has 1 amide bonds. The van der Waals surface area contributed by atoms with Crippen LogP contribution in [0.15, 0.2) is 47.4 Å².